The second kappa shape index (κ2) is 5.19. The van der Waals surface area contributed by atoms with Crippen LogP contribution in [0.4, 0.5) is 10.5 Å². The highest BCUT2D eigenvalue weighted by Gasteiger charge is 2.29. The lowest BCUT2D eigenvalue weighted by molar-refractivity contribution is 0.246. The Kier molecular flexibility index (Phi) is 3.64. The summed E-state index contributed by atoms with van der Waals surface area (Å²) in [6, 6.07) is 10.1. The fraction of sp³-hybridized carbons (Fsp3) is 0.462. The number of para-hydroxylation sites is 1. The molecule has 4 heteroatoms. The Balaban J connectivity index is 2.23. The van der Waals surface area contributed by atoms with Crippen LogP contribution in [0.3, 0.4) is 0 Å². The molecule has 1 fully saturated rings. The Morgan fingerprint density at radius 1 is 1.41 bits per heavy atom. The second-order valence-electron chi connectivity index (χ2n) is 4.47. The van der Waals surface area contributed by atoms with Crippen LogP contribution in [-0.2, 0) is 0 Å². The third-order valence-corrected chi connectivity index (χ3v) is 3.20. The van der Waals surface area contributed by atoms with E-state index in [4.69, 9.17) is 0 Å². The fourth-order valence-corrected chi connectivity index (χ4v) is 2.33. The standard InChI is InChI=1S/C13H19N3O/c1-14-13(17)16(11-6-4-3-5-7-11)12-8-9-15(2)10-12/h3-7,12H,8-10H2,1-2H3,(H,14,17)/t12-/m1/s1. The molecule has 1 aliphatic rings. The van der Waals surface area contributed by atoms with Crippen LogP contribution in [0, 0.1) is 0 Å². The van der Waals surface area contributed by atoms with E-state index in [1.54, 1.807) is 7.05 Å². The van der Waals surface area contributed by atoms with Crippen molar-refractivity contribution in [1.29, 1.82) is 0 Å². The minimum Gasteiger partial charge on any atom is -0.341 e. The third-order valence-electron chi connectivity index (χ3n) is 3.20. The molecule has 1 heterocycles. The third kappa shape index (κ3) is 2.58. The van der Waals surface area contributed by atoms with Crippen molar-refractivity contribution in [2.45, 2.75) is 12.5 Å². The van der Waals surface area contributed by atoms with Crippen LogP contribution in [0.2, 0.25) is 0 Å². The lowest BCUT2D eigenvalue weighted by Crippen LogP contribution is -2.46. The Labute approximate surface area is 102 Å². The summed E-state index contributed by atoms with van der Waals surface area (Å²) in [6.45, 7) is 1.98. The van der Waals surface area contributed by atoms with Crippen LogP contribution < -0.4 is 10.2 Å². The van der Waals surface area contributed by atoms with Gasteiger partial charge >= 0.3 is 6.03 Å². The molecule has 0 unspecified atom stereocenters. The van der Waals surface area contributed by atoms with Crippen molar-refractivity contribution in [1.82, 2.24) is 10.2 Å². The average Bonchev–Trinajstić information content (AvgIpc) is 2.77. The highest BCUT2D eigenvalue weighted by molar-refractivity contribution is 5.92. The molecule has 1 N–H and O–H groups in total. The number of rotatable bonds is 2. The van der Waals surface area contributed by atoms with Gasteiger partial charge in [0.2, 0.25) is 0 Å². The number of nitrogens with zero attached hydrogens (tertiary/aromatic N) is 2. The van der Waals surface area contributed by atoms with E-state index in [0.717, 1.165) is 25.2 Å². The summed E-state index contributed by atoms with van der Waals surface area (Å²) in [5.41, 5.74) is 0.965. The zero-order chi connectivity index (χ0) is 12.3. The Bertz CT molecular complexity index is 380. The maximum atomic E-state index is 12.0. The van der Waals surface area contributed by atoms with Gasteiger partial charge in [-0.05, 0) is 32.1 Å². The molecular weight excluding hydrogens is 214 g/mol. The van der Waals surface area contributed by atoms with E-state index in [1.807, 2.05) is 35.2 Å². The SMILES string of the molecule is CNC(=O)N(c1ccccc1)[C@@H]1CCN(C)C1. The molecule has 1 saturated heterocycles. The van der Waals surface area contributed by atoms with Crippen molar-refractivity contribution >= 4 is 11.7 Å². The predicted molar refractivity (Wildman–Crippen MR) is 69.3 cm³/mol. The van der Waals surface area contributed by atoms with Crippen LogP contribution in [0.15, 0.2) is 30.3 Å². The molecule has 2 rings (SSSR count). The number of hydrogen-bond acceptors (Lipinski definition) is 2. The number of benzene rings is 1. The lowest BCUT2D eigenvalue weighted by atomic mass is 10.2. The molecule has 1 aromatic carbocycles. The molecule has 17 heavy (non-hydrogen) atoms. The second-order valence-corrected chi connectivity index (χ2v) is 4.47. The summed E-state index contributed by atoms with van der Waals surface area (Å²) in [5, 5.41) is 2.72. The molecule has 92 valence electrons. The van der Waals surface area contributed by atoms with Gasteiger partial charge in [-0.1, -0.05) is 18.2 Å². The Morgan fingerprint density at radius 2 is 2.12 bits per heavy atom. The van der Waals surface area contributed by atoms with Gasteiger partial charge in [0.25, 0.3) is 0 Å². The van der Waals surface area contributed by atoms with Crippen molar-refractivity contribution < 1.29 is 4.79 Å². The van der Waals surface area contributed by atoms with Gasteiger partial charge < -0.3 is 10.2 Å². The number of anilines is 1. The Hall–Kier alpha value is -1.55. The molecular formula is C13H19N3O. The molecule has 1 aliphatic heterocycles. The summed E-state index contributed by atoms with van der Waals surface area (Å²) in [4.78, 5) is 16.1. The van der Waals surface area contributed by atoms with E-state index >= 15 is 0 Å². The van der Waals surface area contributed by atoms with E-state index in [-0.39, 0.29) is 12.1 Å². The molecule has 0 aromatic heterocycles. The van der Waals surface area contributed by atoms with Crippen molar-refractivity contribution in [3.63, 3.8) is 0 Å². The van der Waals surface area contributed by atoms with Crippen molar-refractivity contribution in [2.75, 3.05) is 32.1 Å². The van der Waals surface area contributed by atoms with E-state index in [1.165, 1.54) is 0 Å². The van der Waals surface area contributed by atoms with Gasteiger partial charge in [-0.3, -0.25) is 4.90 Å². The van der Waals surface area contributed by atoms with E-state index in [9.17, 15) is 4.79 Å². The minimum absolute atomic E-state index is 0.0310. The molecule has 0 spiro atoms. The van der Waals surface area contributed by atoms with Crippen molar-refractivity contribution in [2.24, 2.45) is 0 Å². The zero-order valence-electron chi connectivity index (χ0n) is 10.4. The first-order valence-corrected chi connectivity index (χ1v) is 5.97. The average molecular weight is 233 g/mol. The first-order valence-electron chi connectivity index (χ1n) is 5.97. The van der Waals surface area contributed by atoms with Crippen LogP contribution in [0.1, 0.15) is 6.42 Å². The maximum absolute atomic E-state index is 12.0. The minimum atomic E-state index is -0.0310. The first kappa shape index (κ1) is 11.9. The largest absolute Gasteiger partial charge is 0.341 e. The van der Waals surface area contributed by atoms with Gasteiger partial charge in [0.1, 0.15) is 0 Å². The Morgan fingerprint density at radius 3 is 2.65 bits per heavy atom. The van der Waals surface area contributed by atoms with E-state index < -0.39 is 0 Å². The summed E-state index contributed by atoms with van der Waals surface area (Å²) >= 11 is 0. The van der Waals surface area contributed by atoms with Gasteiger partial charge in [-0.15, -0.1) is 0 Å². The normalized spacial score (nSPS) is 20.2. The number of likely N-dealkylation sites (tertiary alicyclic amines) is 1. The summed E-state index contributed by atoms with van der Waals surface area (Å²) in [7, 11) is 3.77. The molecule has 0 aliphatic carbocycles. The van der Waals surface area contributed by atoms with Gasteiger partial charge in [-0.25, -0.2) is 4.79 Å². The molecule has 1 aromatic rings. The van der Waals surface area contributed by atoms with E-state index in [0.29, 0.717) is 0 Å². The molecule has 0 bridgehead atoms. The highest BCUT2D eigenvalue weighted by Crippen LogP contribution is 2.22. The fourth-order valence-electron chi connectivity index (χ4n) is 2.33. The number of amides is 2. The molecule has 0 saturated carbocycles. The molecule has 1 atom stereocenters. The molecule has 2 amide bonds. The quantitative estimate of drug-likeness (QED) is 0.841. The summed E-state index contributed by atoms with van der Waals surface area (Å²) in [5.74, 6) is 0. The number of nitrogens with one attached hydrogen (secondary N) is 1. The first-order chi connectivity index (χ1) is 8.22. The van der Waals surface area contributed by atoms with Crippen LogP contribution in [-0.4, -0.2) is 44.2 Å². The highest BCUT2D eigenvalue weighted by atomic mass is 16.2. The van der Waals surface area contributed by atoms with Crippen LogP contribution in [0.25, 0.3) is 0 Å². The molecule has 4 nitrogen and oxygen atoms in total. The van der Waals surface area contributed by atoms with Gasteiger partial charge in [0, 0.05) is 19.3 Å². The number of likely N-dealkylation sites (N-methyl/N-ethyl adjacent to an activating group) is 1. The monoisotopic (exact) mass is 233 g/mol. The molecule has 0 radical (unpaired) electrons. The number of carbonyl (C=O) groups is 1. The number of urea groups is 1. The van der Waals surface area contributed by atoms with Crippen molar-refractivity contribution in [3.05, 3.63) is 30.3 Å². The number of carbonyl (C=O) groups excluding carboxylic acids is 1. The van der Waals surface area contributed by atoms with Crippen LogP contribution in [0.5, 0.6) is 0 Å². The summed E-state index contributed by atoms with van der Waals surface area (Å²) < 4.78 is 0. The van der Waals surface area contributed by atoms with Crippen molar-refractivity contribution in [3.8, 4) is 0 Å². The zero-order valence-corrected chi connectivity index (χ0v) is 10.4. The smallest absolute Gasteiger partial charge is 0.321 e. The maximum Gasteiger partial charge on any atom is 0.321 e. The lowest BCUT2D eigenvalue weighted by Gasteiger charge is -2.28. The summed E-state index contributed by atoms with van der Waals surface area (Å²) in [6.07, 6.45) is 1.03. The van der Waals surface area contributed by atoms with Gasteiger partial charge in [0.15, 0.2) is 0 Å². The van der Waals surface area contributed by atoms with Crippen LogP contribution >= 0.6 is 0 Å². The topological polar surface area (TPSA) is 35.6 Å². The van der Waals surface area contributed by atoms with Gasteiger partial charge in [0.05, 0.1) is 6.04 Å². The van der Waals surface area contributed by atoms with Gasteiger partial charge in [-0.2, -0.15) is 0 Å². The van der Waals surface area contributed by atoms with E-state index in [2.05, 4.69) is 17.3 Å². The predicted octanol–water partition coefficient (Wildman–Crippen LogP) is 1.54. The number of hydrogen-bond donors (Lipinski definition) is 1.